The summed E-state index contributed by atoms with van der Waals surface area (Å²) in [5.41, 5.74) is 1.62. The fourth-order valence-electron chi connectivity index (χ4n) is 1.47. The Kier molecular flexibility index (Phi) is 5.77. The van der Waals surface area contributed by atoms with Crippen LogP contribution in [0.15, 0.2) is 36.0 Å². The summed E-state index contributed by atoms with van der Waals surface area (Å²) in [5, 5.41) is 3.17. The Bertz CT molecular complexity index is 427. The molecule has 0 unspecified atom stereocenters. The Hall–Kier alpha value is -1.97. The molecule has 1 aromatic carbocycles. The third kappa shape index (κ3) is 4.13. The minimum absolute atomic E-state index is 0.336. The quantitative estimate of drug-likeness (QED) is 0.622. The number of hydrogen-bond acceptors (Lipinski definition) is 4. The van der Waals surface area contributed by atoms with Crippen LogP contribution in [0.3, 0.4) is 0 Å². The summed E-state index contributed by atoms with van der Waals surface area (Å²) in [6, 6.07) is 7.56. The first-order valence-corrected chi connectivity index (χ1v) is 5.98. The van der Waals surface area contributed by atoms with Crippen LogP contribution >= 0.6 is 0 Å². The van der Waals surface area contributed by atoms with E-state index in [9.17, 15) is 4.79 Å². The van der Waals surface area contributed by atoms with Crippen LogP contribution < -0.4 is 10.1 Å². The highest BCUT2D eigenvalue weighted by Crippen LogP contribution is 2.25. The van der Waals surface area contributed by atoms with Crippen molar-refractivity contribution in [1.82, 2.24) is 0 Å². The van der Waals surface area contributed by atoms with Gasteiger partial charge in [0, 0.05) is 11.8 Å². The first-order chi connectivity index (χ1) is 8.71. The topological polar surface area (TPSA) is 47.6 Å². The molecule has 0 bridgehead atoms. The number of esters is 1. The maximum Gasteiger partial charge on any atom is 0.332 e. The molecule has 0 radical (unpaired) electrons. The maximum absolute atomic E-state index is 11.4. The van der Waals surface area contributed by atoms with Gasteiger partial charge in [-0.1, -0.05) is 19.1 Å². The molecule has 0 spiro atoms. The zero-order valence-electron chi connectivity index (χ0n) is 11.0. The number of carbonyl (C=O) groups excluding carboxylic acids is 1. The van der Waals surface area contributed by atoms with Gasteiger partial charge in [-0.2, -0.15) is 0 Å². The molecule has 0 aliphatic carbocycles. The molecule has 18 heavy (non-hydrogen) atoms. The smallest absolute Gasteiger partial charge is 0.332 e. The van der Waals surface area contributed by atoms with Crippen molar-refractivity contribution in [2.24, 2.45) is 0 Å². The standard InChI is InChI=1S/C14H19NO3/c1-4-11(10-14(16)18-5-2)15-12-8-6-7-9-13(12)17-3/h6-10,15H,4-5H2,1-3H3/b11-10-. The third-order valence-corrected chi connectivity index (χ3v) is 2.36. The number of hydrogen-bond donors (Lipinski definition) is 1. The molecule has 0 aliphatic heterocycles. The van der Waals surface area contributed by atoms with Crippen molar-refractivity contribution < 1.29 is 14.3 Å². The van der Waals surface area contributed by atoms with Gasteiger partial charge in [-0.15, -0.1) is 0 Å². The molecule has 1 N–H and O–H groups in total. The second-order valence-electron chi connectivity index (χ2n) is 3.60. The van der Waals surface area contributed by atoms with E-state index in [1.807, 2.05) is 31.2 Å². The highest BCUT2D eigenvalue weighted by molar-refractivity contribution is 5.83. The van der Waals surface area contributed by atoms with Crippen LogP contribution in [0.25, 0.3) is 0 Å². The van der Waals surface area contributed by atoms with Crippen molar-refractivity contribution >= 4 is 11.7 Å². The van der Waals surface area contributed by atoms with Crippen LogP contribution in [-0.2, 0) is 9.53 Å². The Morgan fingerprint density at radius 1 is 1.33 bits per heavy atom. The third-order valence-electron chi connectivity index (χ3n) is 2.36. The van der Waals surface area contributed by atoms with Gasteiger partial charge in [0.2, 0.25) is 0 Å². The van der Waals surface area contributed by atoms with Crippen LogP contribution in [0.4, 0.5) is 5.69 Å². The summed E-state index contributed by atoms with van der Waals surface area (Å²) >= 11 is 0. The summed E-state index contributed by atoms with van der Waals surface area (Å²) in [7, 11) is 1.61. The zero-order valence-corrected chi connectivity index (χ0v) is 11.0. The van der Waals surface area contributed by atoms with E-state index in [0.29, 0.717) is 13.0 Å². The molecule has 0 aromatic heterocycles. The zero-order chi connectivity index (χ0) is 13.4. The van der Waals surface area contributed by atoms with Crippen molar-refractivity contribution in [3.63, 3.8) is 0 Å². The number of rotatable bonds is 6. The first-order valence-electron chi connectivity index (χ1n) is 5.98. The number of methoxy groups -OCH3 is 1. The molecule has 4 nitrogen and oxygen atoms in total. The highest BCUT2D eigenvalue weighted by atomic mass is 16.5. The Labute approximate surface area is 108 Å². The number of para-hydroxylation sites is 2. The lowest BCUT2D eigenvalue weighted by Gasteiger charge is -2.12. The van der Waals surface area contributed by atoms with Gasteiger partial charge in [0.1, 0.15) is 5.75 Å². The van der Waals surface area contributed by atoms with Crippen molar-refractivity contribution in [3.05, 3.63) is 36.0 Å². The average molecular weight is 249 g/mol. The normalized spacial score (nSPS) is 10.9. The molecule has 0 saturated carbocycles. The van der Waals surface area contributed by atoms with Crippen LogP contribution in [0, 0.1) is 0 Å². The van der Waals surface area contributed by atoms with E-state index < -0.39 is 0 Å². The van der Waals surface area contributed by atoms with E-state index in [1.54, 1.807) is 14.0 Å². The van der Waals surface area contributed by atoms with E-state index in [4.69, 9.17) is 9.47 Å². The van der Waals surface area contributed by atoms with Gasteiger partial charge in [0.15, 0.2) is 0 Å². The van der Waals surface area contributed by atoms with E-state index in [2.05, 4.69) is 5.32 Å². The van der Waals surface area contributed by atoms with E-state index in [0.717, 1.165) is 17.1 Å². The number of nitrogens with one attached hydrogen (secondary N) is 1. The van der Waals surface area contributed by atoms with Gasteiger partial charge >= 0.3 is 5.97 Å². The molecular formula is C14H19NO3. The largest absolute Gasteiger partial charge is 0.495 e. The lowest BCUT2D eigenvalue weighted by molar-refractivity contribution is -0.137. The molecule has 0 amide bonds. The van der Waals surface area contributed by atoms with Gasteiger partial charge in [0.25, 0.3) is 0 Å². The lowest BCUT2D eigenvalue weighted by Crippen LogP contribution is -2.06. The van der Waals surface area contributed by atoms with Crippen molar-refractivity contribution in [2.45, 2.75) is 20.3 Å². The maximum atomic E-state index is 11.4. The minimum Gasteiger partial charge on any atom is -0.495 e. The summed E-state index contributed by atoms with van der Waals surface area (Å²) in [6.45, 7) is 4.12. The monoisotopic (exact) mass is 249 g/mol. The van der Waals surface area contributed by atoms with Gasteiger partial charge < -0.3 is 14.8 Å². The van der Waals surface area contributed by atoms with Gasteiger partial charge in [-0.05, 0) is 25.5 Å². The molecular weight excluding hydrogens is 230 g/mol. The molecule has 0 fully saturated rings. The fourth-order valence-corrected chi connectivity index (χ4v) is 1.47. The summed E-state index contributed by atoms with van der Waals surface area (Å²) in [5.74, 6) is 0.400. The molecule has 0 heterocycles. The molecule has 0 aliphatic rings. The number of anilines is 1. The van der Waals surface area contributed by atoms with Gasteiger partial charge in [-0.3, -0.25) is 0 Å². The molecule has 0 saturated heterocycles. The SMILES string of the molecule is CCOC(=O)/C=C(/CC)Nc1ccccc1OC. The predicted molar refractivity (Wildman–Crippen MR) is 71.6 cm³/mol. The van der Waals surface area contributed by atoms with Crippen LogP contribution in [0.1, 0.15) is 20.3 Å². The van der Waals surface area contributed by atoms with Crippen molar-refractivity contribution in [3.8, 4) is 5.75 Å². The molecule has 1 aromatic rings. The fraction of sp³-hybridized carbons (Fsp3) is 0.357. The Morgan fingerprint density at radius 2 is 2.06 bits per heavy atom. The van der Waals surface area contributed by atoms with E-state index in [-0.39, 0.29) is 5.97 Å². The summed E-state index contributed by atoms with van der Waals surface area (Å²) in [4.78, 5) is 11.4. The van der Waals surface area contributed by atoms with E-state index in [1.165, 1.54) is 6.08 Å². The van der Waals surface area contributed by atoms with Crippen LogP contribution in [0.5, 0.6) is 5.75 Å². The highest BCUT2D eigenvalue weighted by Gasteiger charge is 2.05. The summed E-state index contributed by atoms with van der Waals surface area (Å²) in [6.07, 6.45) is 2.17. The molecule has 1 rings (SSSR count). The van der Waals surface area contributed by atoms with Crippen LogP contribution in [0.2, 0.25) is 0 Å². The predicted octanol–water partition coefficient (Wildman–Crippen LogP) is 2.96. The average Bonchev–Trinajstić information content (AvgIpc) is 2.38. The van der Waals surface area contributed by atoms with Crippen LogP contribution in [-0.4, -0.2) is 19.7 Å². The van der Waals surface area contributed by atoms with Crippen molar-refractivity contribution in [1.29, 1.82) is 0 Å². The second-order valence-corrected chi connectivity index (χ2v) is 3.60. The van der Waals surface area contributed by atoms with Gasteiger partial charge in [-0.25, -0.2) is 4.79 Å². The molecule has 98 valence electrons. The summed E-state index contributed by atoms with van der Waals surface area (Å²) < 4.78 is 10.1. The number of benzene rings is 1. The minimum atomic E-state index is -0.336. The molecule has 0 atom stereocenters. The molecule has 4 heteroatoms. The Balaban J connectivity index is 2.82. The second kappa shape index (κ2) is 7.37. The van der Waals surface area contributed by atoms with Crippen molar-refractivity contribution in [2.75, 3.05) is 19.0 Å². The van der Waals surface area contributed by atoms with Gasteiger partial charge in [0.05, 0.1) is 19.4 Å². The van der Waals surface area contributed by atoms with E-state index >= 15 is 0 Å². The lowest BCUT2D eigenvalue weighted by atomic mass is 10.2. The number of carbonyl (C=O) groups is 1. The number of ether oxygens (including phenoxy) is 2. The Morgan fingerprint density at radius 3 is 2.67 bits per heavy atom. The first kappa shape index (κ1) is 14.1. The number of allylic oxidation sites excluding steroid dienone is 1.